The monoisotopic (exact) mass is 575 g/mol. The summed E-state index contributed by atoms with van der Waals surface area (Å²) in [6.45, 7) is 4.25. The molecule has 0 fully saturated rings. The Balaban J connectivity index is 1.32. The van der Waals surface area contributed by atoms with Crippen molar-refractivity contribution >= 4 is 43.9 Å². The highest BCUT2D eigenvalue weighted by Crippen LogP contribution is 2.38. The van der Waals surface area contributed by atoms with Crippen molar-refractivity contribution in [2.45, 2.75) is 31.3 Å². The van der Waals surface area contributed by atoms with Crippen molar-refractivity contribution in [2.24, 2.45) is 0 Å². The summed E-state index contributed by atoms with van der Waals surface area (Å²) < 4.78 is 33.1. The maximum atomic E-state index is 13.2. The first-order valence-electron chi connectivity index (χ1n) is 12.9. The number of sulfonamides is 1. The molecule has 1 amide bonds. The van der Waals surface area contributed by atoms with Crippen molar-refractivity contribution in [2.75, 3.05) is 23.2 Å². The number of amides is 1. The largest absolute Gasteiger partial charge is 0.462 e. The molecule has 0 saturated carbocycles. The van der Waals surface area contributed by atoms with Gasteiger partial charge in [0.25, 0.3) is 15.9 Å². The first-order chi connectivity index (χ1) is 19.3. The molecule has 5 rings (SSSR count). The number of anilines is 2. The number of hydrogen-bond acceptors (Lipinski definition) is 7. The molecule has 1 aromatic heterocycles. The molecule has 4 aromatic rings. The summed E-state index contributed by atoms with van der Waals surface area (Å²) in [5.41, 5.74) is 3.22. The summed E-state index contributed by atoms with van der Waals surface area (Å²) in [5.74, 6) is -0.847. The van der Waals surface area contributed by atoms with Gasteiger partial charge in [-0.15, -0.1) is 11.3 Å². The van der Waals surface area contributed by atoms with E-state index in [1.165, 1.54) is 53.3 Å². The molecule has 1 aliphatic rings. The third-order valence-corrected chi connectivity index (χ3v) is 9.07. The molecule has 0 spiro atoms. The number of benzene rings is 3. The summed E-state index contributed by atoms with van der Waals surface area (Å²) in [4.78, 5) is 29.6. The van der Waals surface area contributed by atoms with Gasteiger partial charge in [-0.2, -0.15) is 0 Å². The zero-order valence-corrected chi connectivity index (χ0v) is 23.6. The Bertz CT molecular complexity index is 1600. The summed E-state index contributed by atoms with van der Waals surface area (Å²) >= 11 is 1.40. The van der Waals surface area contributed by atoms with Crippen LogP contribution in [0.5, 0.6) is 0 Å². The zero-order chi connectivity index (χ0) is 28.1. The summed E-state index contributed by atoms with van der Waals surface area (Å²) in [7, 11) is -3.75. The summed E-state index contributed by atoms with van der Waals surface area (Å²) in [6, 6.07) is 24.4. The van der Waals surface area contributed by atoms with Crippen molar-refractivity contribution in [1.29, 1.82) is 0 Å². The van der Waals surface area contributed by atoms with Crippen LogP contribution in [0.25, 0.3) is 0 Å². The average Bonchev–Trinajstić information content (AvgIpc) is 3.31. The topological polar surface area (TPSA) is 105 Å². The van der Waals surface area contributed by atoms with Crippen molar-refractivity contribution < 1.29 is 22.7 Å². The van der Waals surface area contributed by atoms with Gasteiger partial charge in [-0.1, -0.05) is 48.5 Å². The molecule has 2 heterocycles. The molecule has 0 unspecified atom stereocenters. The predicted octanol–water partition coefficient (Wildman–Crippen LogP) is 5.54. The van der Waals surface area contributed by atoms with Gasteiger partial charge < -0.3 is 10.1 Å². The molecular formula is C30H29N3O5S2. The fourth-order valence-corrected chi connectivity index (χ4v) is 6.97. The Morgan fingerprint density at radius 2 is 1.62 bits per heavy atom. The van der Waals surface area contributed by atoms with E-state index in [1.54, 1.807) is 25.1 Å². The van der Waals surface area contributed by atoms with Gasteiger partial charge in [-0.25, -0.2) is 13.2 Å². The number of fused-ring (bicyclic) bond motifs is 1. The van der Waals surface area contributed by atoms with Gasteiger partial charge >= 0.3 is 5.97 Å². The lowest BCUT2D eigenvalue weighted by atomic mass is 10.0. The van der Waals surface area contributed by atoms with E-state index in [-0.39, 0.29) is 11.5 Å². The van der Waals surface area contributed by atoms with Gasteiger partial charge in [0.1, 0.15) is 5.00 Å². The minimum atomic E-state index is -3.75. The average molecular weight is 576 g/mol. The van der Waals surface area contributed by atoms with E-state index >= 15 is 0 Å². The highest BCUT2D eigenvalue weighted by molar-refractivity contribution is 7.92. The number of nitrogens with one attached hydrogen (secondary N) is 2. The smallest absolute Gasteiger partial charge is 0.341 e. The van der Waals surface area contributed by atoms with Crippen LogP contribution < -0.4 is 10.0 Å². The number of hydrogen-bond donors (Lipinski definition) is 2. The van der Waals surface area contributed by atoms with E-state index < -0.39 is 21.9 Å². The van der Waals surface area contributed by atoms with Crippen LogP contribution in [-0.2, 0) is 34.3 Å². The van der Waals surface area contributed by atoms with Crippen molar-refractivity contribution in [3.63, 3.8) is 0 Å². The van der Waals surface area contributed by atoms with Crippen LogP contribution in [0, 0.1) is 0 Å². The van der Waals surface area contributed by atoms with Gasteiger partial charge in [-0.3, -0.25) is 14.4 Å². The number of carbonyl (C=O) groups is 2. The van der Waals surface area contributed by atoms with Gasteiger partial charge in [0.05, 0.1) is 17.1 Å². The fraction of sp³-hybridized carbons (Fsp3) is 0.200. The molecule has 0 saturated heterocycles. The Hall–Kier alpha value is -3.99. The van der Waals surface area contributed by atoms with Gasteiger partial charge in [-0.05, 0) is 60.9 Å². The Kier molecular flexibility index (Phi) is 8.29. The molecule has 0 bridgehead atoms. The zero-order valence-electron chi connectivity index (χ0n) is 21.9. The lowest BCUT2D eigenvalue weighted by molar-refractivity contribution is 0.0526. The van der Waals surface area contributed by atoms with Gasteiger partial charge in [0.2, 0.25) is 0 Å². The molecule has 2 N–H and O–H groups in total. The second kappa shape index (κ2) is 12.0. The van der Waals surface area contributed by atoms with E-state index in [2.05, 4.69) is 27.1 Å². The lowest BCUT2D eigenvalue weighted by Gasteiger charge is -2.27. The first-order valence-corrected chi connectivity index (χ1v) is 15.2. The van der Waals surface area contributed by atoms with Crippen LogP contribution in [0.15, 0.2) is 89.8 Å². The van der Waals surface area contributed by atoms with Crippen LogP contribution >= 0.6 is 11.3 Å². The highest BCUT2D eigenvalue weighted by Gasteiger charge is 2.30. The first kappa shape index (κ1) is 27.6. The van der Waals surface area contributed by atoms with Crippen LogP contribution in [-0.4, -0.2) is 38.3 Å². The molecule has 3 aromatic carbocycles. The molecule has 0 aliphatic carbocycles. The quantitative estimate of drug-likeness (QED) is 0.254. The van der Waals surface area contributed by atoms with E-state index in [1.807, 2.05) is 18.2 Å². The van der Waals surface area contributed by atoms with Crippen LogP contribution in [0.4, 0.5) is 10.7 Å². The number of ether oxygens (including phenoxy) is 1. The number of rotatable bonds is 9. The van der Waals surface area contributed by atoms with E-state index in [0.29, 0.717) is 34.8 Å². The van der Waals surface area contributed by atoms with Crippen LogP contribution in [0.1, 0.15) is 43.6 Å². The number of thiophene rings is 1. The second-order valence-electron chi connectivity index (χ2n) is 9.32. The predicted molar refractivity (Wildman–Crippen MR) is 156 cm³/mol. The van der Waals surface area contributed by atoms with Crippen LogP contribution in [0.2, 0.25) is 0 Å². The third-order valence-electron chi connectivity index (χ3n) is 6.54. The number of carbonyl (C=O) groups excluding carboxylic acids is 2. The summed E-state index contributed by atoms with van der Waals surface area (Å²) in [5, 5.41) is 3.36. The minimum absolute atomic E-state index is 0.146. The molecule has 40 heavy (non-hydrogen) atoms. The Labute approximate surface area is 237 Å². The van der Waals surface area contributed by atoms with Crippen molar-refractivity contribution in [3.05, 3.63) is 112 Å². The van der Waals surface area contributed by atoms with Gasteiger partial charge in [0.15, 0.2) is 0 Å². The Morgan fingerprint density at radius 1 is 0.950 bits per heavy atom. The summed E-state index contributed by atoms with van der Waals surface area (Å²) in [6.07, 6.45) is 0.680. The van der Waals surface area contributed by atoms with Crippen molar-refractivity contribution in [1.82, 2.24) is 4.90 Å². The van der Waals surface area contributed by atoms with Crippen LogP contribution in [0.3, 0.4) is 0 Å². The van der Waals surface area contributed by atoms with Gasteiger partial charge in [0, 0.05) is 35.8 Å². The fourth-order valence-electron chi connectivity index (χ4n) is 4.62. The van der Waals surface area contributed by atoms with E-state index in [4.69, 9.17) is 4.74 Å². The lowest BCUT2D eigenvalue weighted by Crippen LogP contribution is -2.29. The number of nitrogens with zero attached hydrogens (tertiary/aromatic N) is 1. The molecule has 206 valence electrons. The Morgan fingerprint density at radius 3 is 2.30 bits per heavy atom. The molecule has 0 radical (unpaired) electrons. The SMILES string of the molecule is CCOC(=O)c1c(NC(=O)c2ccc(NS(=O)(=O)c3ccccc3)cc2)sc2c1CCN(Cc1ccccc1)C2. The second-order valence-corrected chi connectivity index (χ2v) is 12.1. The molecule has 10 heteroatoms. The third kappa shape index (κ3) is 6.25. The standard InChI is InChI=1S/C30H29N3O5S2/c1-2-38-30(35)27-25-17-18-33(19-21-9-5-3-6-10-21)20-26(25)39-29(27)31-28(34)22-13-15-23(16-14-22)32-40(36,37)24-11-7-4-8-12-24/h3-16,32H,2,17-20H2,1H3,(H,31,34). The molecule has 1 aliphatic heterocycles. The van der Waals surface area contributed by atoms with E-state index in [0.717, 1.165) is 23.5 Å². The molecular weight excluding hydrogens is 546 g/mol. The highest BCUT2D eigenvalue weighted by atomic mass is 32.2. The minimum Gasteiger partial charge on any atom is -0.462 e. The maximum absolute atomic E-state index is 13.2. The van der Waals surface area contributed by atoms with Crippen molar-refractivity contribution in [3.8, 4) is 0 Å². The molecule has 0 atom stereocenters. The van der Waals surface area contributed by atoms with E-state index in [9.17, 15) is 18.0 Å². The molecule has 8 nitrogen and oxygen atoms in total. The maximum Gasteiger partial charge on any atom is 0.341 e. The number of esters is 1. The normalized spacial score (nSPS) is 13.3.